The number of halogens is 2. The third-order valence-corrected chi connectivity index (χ3v) is 11.7. The molecule has 7 rings (SSSR count). The molecular weight excluding hydrogens is 708 g/mol. The molecule has 0 radical (unpaired) electrons. The molecule has 3 saturated heterocycles. The molecule has 27 heteroatoms. The molecule has 3 fully saturated rings. The minimum absolute atomic E-state index is 0.0193. The number of nitrogen functional groups attached to an aromatic ring is 1. The van der Waals surface area contributed by atoms with Gasteiger partial charge in [-0.25, -0.2) is 28.3 Å². The number of fused-ring (bicyclic) bond motifs is 5. The van der Waals surface area contributed by atoms with E-state index in [1.807, 2.05) is 0 Å². The van der Waals surface area contributed by atoms with E-state index in [0.29, 0.717) is 0 Å². The summed E-state index contributed by atoms with van der Waals surface area (Å²) in [7, 11) is 0. The zero-order valence-corrected chi connectivity index (χ0v) is 26.3. The Morgan fingerprint density at radius 3 is 2.82 bits per heavy atom. The van der Waals surface area contributed by atoms with Gasteiger partial charge in [0.25, 0.3) is 5.91 Å². The third kappa shape index (κ3) is 5.66. The number of nitrogens with two attached hydrogens (primary N) is 1. The summed E-state index contributed by atoms with van der Waals surface area (Å²) < 4.78 is 74.0. The molecule has 5 aliphatic heterocycles. The van der Waals surface area contributed by atoms with Crippen LogP contribution < -0.4 is 11.1 Å². The standard InChI is InChI=1S/C18H20F2N12O8P2S3/c19-6-5-2-37-42(35,44)39-10-4(38-16(7(10)20)31-13-8(27-29-31)12(21)23-3-24-13)1-36-41(34,43)40-11(6)17(45-5)32-14-9(28-30-32)15(33)26-18(22)25-14/h3-7,9-11,16-17H,1-2H2,(H,34,43)(H,35,44)(H2,21,23,24)(H2,22,26,33)/t4-,5-,6-,7+,9?,10-,11-,16-,17-,41?,42?/m1/s1. The number of hydrogen-bond donors (Lipinski definition) is 5. The normalized spacial score (nSPS) is 42.0. The highest BCUT2D eigenvalue weighted by atomic mass is 32.7. The first-order valence-corrected chi connectivity index (χ1v) is 18.9. The summed E-state index contributed by atoms with van der Waals surface area (Å²) >= 11 is 9.98. The number of hydrogen-bond acceptors (Lipinski definition) is 18. The van der Waals surface area contributed by atoms with E-state index in [9.17, 15) is 14.3 Å². The Hall–Kier alpha value is -2.31. The van der Waals surface area contributed by atoms with Crippen molar-refractivity contribution in [1.29, 1.82) is 5.41 Å². The second kappa shape index (κ2) is 11.4. The van der Waals surface area contributed by atoms with E-state index >= 15 is 8.78 Å². The highest BCUT2D eigenvalue weighted by Gasteiger charge is 2.56. The maximum absolute atomic E-state index is 16.0. The largest absolute Gasteiger partial charge is 0.386 e. The van der Waals surface area contributed by atoms with E-state index in [4.69, 9.17) is 45.8 Å². The first kappa shape index (κ1) is 31.3. The number of thiol groups is 1. The molecule has 2 aromatic rings. The Balaban J connectivity index is 1.17. The molecule has 3 unspecified atom stereocenters. The number of thioether (sulfide) groups is 1. The van der Waals surface area contributed by atoms with Crippen LogP contribution in [0.5, 0.6) is 0 Å². The summed E-state index contributed by atoms with van der Waals surface area (Å²) in [5.74, 6) is -1.28. The van der Waals surface area contributed by atoms with Crippen molar-refractivity contribution < 1.29 is 45.9 Å². The fourth-order valence-corrected chi connectivity index (χ4v) is 9.60. The van der Waals surface area contributed by atoms with Crippen LogP contribution in [0.2, 0.25) is 0 Å². The molecule has 0 spiro atoms. The molecule has 2 aromatic heterocycles. The highest BCUT2D eigenvalue weighted by molar-refractivity contribution is 8.44. The lowest BCUT2D eigenvalue weighted by molar-refractivity contribution is -0.119. The molecule has 0 aromatic carbocycles. The van der Waals surface area contributed by atoms with E-state index in [1.54, 1.807) is 0 Å². The number of rotatable bonds is 2. The van der Waals surface area contributed by atoms with Gasteiger partial charge in [0, 0.05) is 0 Å². The Morgan fingerprint density at radius 2 is 2.02 bits per heavy atom. The molecular formula is C18H20F2N12O8P2S3. The van der Waals surface area contributed by atoms with Gasteiger partial charge in [-0.1, -0.05) is 22.7 Å². The third-order valence-electron chi connectivity index (χ3n) is 7.08. The van der Waals surface area contributed by atoms with Crippen LogP contribution in [0.25, 0.3) is 11.2 Å². The minimum Gasteiger partial charge on any atom is -0.382 e. The minimum atomic E-state index is -4.47. The number of aliphatic imine (C=N–C) groups is 1. The quantitative estimate of drug-likeness (QED) is 0.207. The van der Waals surface area contributed by atoms with Gasteiger partial charge in [-0.15, -0.1) is 22.0 Å². The first-order chi connectivity index (χ1) is 21.3. The van der Waals surface area contributed by atoms with Crippen LogP contribution in [0.1, 0.15) is 6.23 Å². The van der Waals surface area contributed by atoms with Gasteiger partial charge in [-0.3, -0.25) is 29.1 Å². The van der Waals surface area contributed by atoms with Crippen molar-refractivity contribution in [1.82, 2.24) is 35.3 Å². The molecule has 0 saturated carbocycles. The molecule has 242 valence electrons. The van der Waals surface area contributed by atoms with Crippen molar-refractivity contribution in [3.8, 4) is 0 Å². The number of amides is 1. The molecule has 7 heterocycles. The van der Waals surface area contributed by atoms with E-state index < -0.39 is 92.1 Å². The zero-order chi connectivity index (χ0) is 31.8. The van der Waals surface area contributed by atoms with Crippen LogP contribution >= 0.6 is 37.5 Å². The number of guanidine groups is 1. The Morgan fingerprint density at radius 1 is 1.22 bits per heavy atom. The summed E-state index contributed by atoms with van der Waals surface area (Å²) in [6.45, 7) is -10.1. The number of carbonyl (C=O) groups excluding carboxylic acids is 1. The summed E-state index contributed by atoms with van der Waals surface area (Å²) in [5.41, 5.74) is 5.90. The number of anilines is 1. The molecule has 45 heavy (non-hydrogen) atoms. The SMILES string of the molecule is N=C1N=C2C(N=NN2[C@@H]2S[C@@H]3COP(O)(=S)O[C@H]4[C@H](F)[C@H](n5nnc6c(N)ncnc65)O[C@@H]4COP(=O)(S)O[C@@H]2[C@@H]3F)C(=O)N1. The fraction of sp³-hybridized carbons (Fsp3) is 0.611. The molecule has 0 aliphatic carbocycles. The summed E-state index contributed by atoms with van der Waals surface area (Å²) in [4.78, 5) is 35.0. The predicted octanol–water partition coefficient (Wildman–Crippen LogP) is 0.405. The Kier molecular flexibility index (Phi) is 7.95. The monoisotopic (exact) mass is 728 g/mol. The topological polar surface area (TPSA) is 259 Å². The van der Waals surface area contributed by atoms with Gasteiger partial charge < -0.3 is 19.9 Å². The fourth-order valence-electron chi connectivity index (χ4n) is 5.07. The number of carbonyl (C=O) groups is 1. The number of alkyl halides is 2. The van der Waals surface area contributed by atoms with Crippen molar-refractivity contribution in [2.75, 3.05) is 18.9 Å². The smallest absolute Gasteiger partial charge is 0.382 e. The highest BCUT2D eigenvalue weighted by Crippen LogP contribution is 2.59. The van der Waals surface area contributed by atoms with Gasteiger partial charge in [-0.2, -0.15) is 9.67 Å². The number of aromatic nitrogens is 5. The molecule has 5 N–H and O–H groups in total. The maximum atomic E-state index is 16.0. The van der Waals surface area contributed by atoms with Crippen LogP contribution in [0.15, 0.2) is 21.7 Å². The first-order valence-electron chi connectivity index (χ1n) is 12.7. The zero-order valence-electron chi connectivity index (χ0n) is 22.0. The summed E-state index contributed by atoms with van der Waals surface area (Å²) in [6.07, 6.45) is -9.18. The van der Waals surface area contributed by atoms with Crippen LogP contribution in [-0.4, -0.2) is 113 Å². The second-order valence-corrected chi connectivity index (χ2v) is 16.9. The average molecular weight is 729 g/mol. The summed E-state index contributed by atoms with van der Waals surface area (Å²) in [5, 5.41) is 24.2. The van der Waals surface area contributed by atoms with Crippen LogP contribution in [0.3, 0.4) is 0 Å². The van der Waals surface area contributed by atoms with Gasteiger partial charge >= 0.3 is 13.5 Å². The lowest BCUT2D eigenvalue weighted by atomic mass is 10.1. The van der Waals surface area contributed by atoms with E-state index in [0.717, 1.165) is 27.8 Å². The van der Waals surface area contributed by atoms with E-state index in [-0.39, 0.29) is 22.8 Å². The van der Waals surface area contributed by atoms with Gasteiger partial charge in [0.1, 0.15) is 36.2 Å². The van der Waals surface area contributed by atoms with Crippen molar-refractivity contribution in [3.05, 3.63) is 6.33 Å². The maximum Gasteiger partial charge on any atom is 0.386 e. The van der Waals surface area contributed by atoms with Crippen LogP contribution in [0, 0.1) is 5.41 Å². The molecule has 11 atom stereocenters. The number of nitrogens with one attached hydrogen (secondary N) is 2. The molecule has 5 aliphatic rings. The van der Waals surface area contributed by atoms with Crippen LogP contribution in [0.4, 0.5) is 14.6 Å². The van der Waals surface area contributed by atoms with Crippen molar-refractivity contribution in [3.63, 3.8) is 0 Å². The lowest BCUT2D eigenvalue weighted by Gasteiger charge is -2.30. The molecule has 2 bridgehead atoms. The van der Waals surface area contributed by atoms with Crippen molar-refractivity contribution in [2.24, 2.45) is 15.3 Å². The van der Waals surface area contributed by atoms with Crippen molar-refractivity contribution >= 4 is 84.0 Å². The summed E-state index contributed by atoms with van der Waals surface area (Å²) in [6, 6.07) is -1.21. The van der Waals surface area contributed by atoms with Gasteiger partial charge in [0.05, 0.1) is 18.5 Å². The Labute approximate surface area is 264 Å². The second-order valence-electron chi connectivity index (χ2n) is 9.91. The number of ether oxygens (including phenoxy) is 1. The molecule has 1 amide bonds. The van der Waals surface area contributed by atoms with Crippen molar-refractivity contribution in [2.45, 2.75) is 53.5 Å². The van der Waals surface area contributed by atoms with Crippen LogP contribution in [-0.2, 0) is 44.0 Å². The van der Waals surface area contributed by atoms with E-state index in [2.05, 4.69) is 53.2 Å². The number of amidine groups is 1. The average Bonchev–Trinajstić information content (AvgIpc) is 3.72. The van der Waals surface area contributed by atoms with Gasteiger partial charge in [0.15, 0.2) is 35.2 Å². The Bertz CT molecular complexity index is 1740. The van der Waals surface area contributed by atoms with Gasteiger partial charge in [-0.05, 0) is 11.8 Å². The van der Waals surface area contributed by atoms with E-state index in [1.165, 1.54) is 0 Å². The predicted molar refractivity (Wildman–Crippen MR) is 155 cm³/mol. The van der Waals surface area contributed by atoms with Gasteiger partial charge in [0.2, 0.25) is 12.0 Å². The lowest BCUT2D eigenvalue weighted by Crippen LogP contribution is -2.51. The number of nitrogens with zero attached hydrogens (tertiary/aromatic N) is 9. The molecule has 20 nitrogen and oxygen atoms in total.